The van der Waals surface area contributed by atoms with E-state index in [4.69, 9.17) is 4.89 Å². The lowest BCUT2D eigenvalue weighted by atomic mass is 10.6. The molecular formula is C6H14NO4P. The highest BCUT2D eigenvalue weighted by molar-refractivity contribution is 7.52. The number of rotatable bonds is 3. The van der Waals surface area contributed by atoms with Gasteiger partial charge in [0.1, 0.15) is 0 Å². The monoisotopic (exact) mass is 195 g/mol. The third-order valence-electron chi connectivity index (χ3n) is 1.27. The van der Waals surface area contributed by atoms with Crippen LogP contribution >= 0.6 is 7.60 Å². The standard InChI is InChI=1S/C6H14NO4P/c1-4-7(5-2)6(8)11-12(3,9)10/h4-5H2,1-3H3,(H,9,10). The van der Waals surface area contributed by atoms with Gasteiger partial charge in [-0.05, 0) is 13.8 Å². The van der Waals surface area contributed by atoms with Crippen molar-refractivity contribution in [1.82, 2.24) is 4.90 Å². The molecule has 1 N–H and O–H groups in total. The summed E-state index contributed by atoms with van der Waals surface area (Å²) in [4.78, 5) is 21.0. The van der Waals surface area contributed by atoms with Crippen molar-refractivity contribution in [1.29, 1.82) is 0 Å². The van der Waals surface area contributed by atoms with E-state index in [2.05, 4.69) is 4.52 Å². The van der Waals surface area contributed by atoms with Crippen LogP contribution in [-0.4, -0.2) is 35.6 Å². The highest BCUT2D eigenvalue weighted by Crippen LogP contribution is 2.37. The molecule has 0 aliphatic rings. The molecule has 12 heavy (non-hydrogen) atoms. The minimum Gasteiger partial charge on any atom is -0.375 e. The fraction of sp³-hybridized carbons (Fsp3) is 0.833. The molecular weight excluding hydrogens is 181 g/mol. The Bertz CT molecular complexity index is 196. The molecule has 0 aromatic heterocycles. The van der Waals surface area contributed by atoms with Crippen molar-refractivity contribution in [3.63, 3.8) is 0 Å². The maximum atomic E-state index is 11.0. The van der Waals surface area contributed by atoms with E-state index in [1.807, 2.05) is 0 Å². The molecule has 0 aromatic rings. The zero-order valence-electron chi connectivity index (χ0n) is 7.48. The van der Waals surface area contributed by atoms with Crippen molar-refractivity contribution in [3.05, 3.63) is 0 Å². The first-order valence-electron chi connectivity index (χ1n) is 3.69. The second-order valence-electron chi connectivity index (χ2n) is 2.33. The van der Waals surface area contributed by atoms with Crippen LogP contribution in [0, 0.1) is 0 Å². The maximum absolute atomic E-state index is 11.0. The summed E-state index contributed by atoms with van der Waals surface area (Å²) >= 11 is 0. The zero-order chi connectivity index (χ0) is 9.78. The maximum Gasteiger partial charge on any atom is 0.416 e. The van der Waals surface area contributed by atoms with Crippen LogP contribution in [0.1, 0.15) is 13.8 Å². The van der Waals surface area contributed by atoms with Crippen molar-refractivity contribution >= 4 is 13.7 Å². The van der Waals surface area contributed by atoms with Crippen LogP contribution in [0.3, 0.4) is 0 Å². The molecule has 1 amide bonds. The average molecular weight is 195 g/mol. The Morgan fingerprint density at radius 1 is 1.50 bits per heavy atom. The molecule has 0 aliphatic carbocycles. The summed E-state index contributed by atoms with van der Waals surface area (Å²) in [6, 6.07) is 0. The first-order valence-corrected chi connectivity index (χ1v) is 5.72. The van der Waals surface area contributed by atoms with Crippen molar-refractivity contribution in [2.45, 2.75) is 13.8 Å². The summed E-state index contributed by atoms with van der Waals surface area (Å²) in [6.45, 7) is 5.45. The van der Waals surface area contributed by atoms with E-state index >= 15 is 0 Å². The number of nitrogens with zero attached hydrogens (tertiary/aromatic N) is 1. The quantitative estimate of drug-likeness (QED) is 0.689. The number of hydrogen-bond donors (Lipinski definition) is 1. The van der Waals surface area contributed by atoms with E-state index in [1.165, 1.54) is 4.90 Å². The van der Waals surface area contributed by atoms with Crippen LogP contribution in [0.5, 0.6) is 0 Å². The van der Waals surface area contributed by atoms with Crippen LogP contribution in [0.2, 0.25) is 0 Å². The summed E-state index contributed by atoms with van der Waals surface area (Å²) in [5, 5.41) is 0. The Kier molecular flexibility index (Phi) is 4.28. The summed E-state index contributed by atoms with van der Waals surface area (Å²) in [5.74, 6) is 0. The van der Waals surface area contributed by atoms with Crippen molar-refractivity contribution in [2.24, 2.45) is 0 Å². The van der Waals surface area contributed by atoms with E-state index in [1.54, 1.807) is 13.8 Å². The average Bonchev–Trinajstić information content (AvgIpc) is 1.85. The second-order valence-corrected chi connectivity index (χ2v) is 4.12. The lowest BCUT2D eigenvalue weighted by Crippen LogP contribution is -2.30. The molecule has 72 valence electrons. The lowest BCUT2D eigenvalue weighted by molar-refractivity contribution is 0.152. The Morgan fingerprint density at radius 3 is 2.17 bits per heavy atom. The molecule has 1 atom stereocenters. The summed E-state index contributed by atoms with van der Waals surface area (Å²) in [7, 11) is -3.69. The van der Waals surface area contributed by atoms with E-state index in [-0.39, 0.29) is 0 Å². The van der Waals surface area contributed by atoms with Gasteiger partial charge >= 0.3 is 13.7 Å². The van der Waals surface area contributed by atoms with Gasteiger partial charge in [0.15, 0.2) is 0 Å². The third kappa shape index (κ3) is 4.36. The van der Waals surface area contributed by atoms with Crippen molar-refractivity contribution in [3.8, 4) is 0 Å². The largest absolute Gasteiger partial charge is 0.416 e. The van der Waals surface area contributed by atoms with Gasteiger partial charge in [-0.2, -0.15) is 0 Å². The molecule has 0 spiro atoms. The van der Waals surface area contributed by atoms with E-state index in [0.29, 0.717) is 13.1 Å². The minimum absolute atomic E-state index is 0.468. The van der Waals surface area contributed by atoms with E-state index in [9.17, 15) is 9.36 Å². The molecule has 5 nitrogen and oxygen atoms in total. The molecule has 0 radical (unpaired) electrons. The van der Waals surface area contributed by atoms with Crippen LogP contribution < -0.4 is 0 Å². The Hall–Kier alpha value is -0.540. The second kappa shape index (κ2) is 4.48. The van der Waals surface area contributed by atoms with Gasteiger partial charge < -0.3 is 14.3 Å². The summed E-state index contributed by atoms with van der Waals surface area (Å²) in [5.41, 5.74) is 0. The first kappa shape index (κ1) is 11.5. The predicted octanol–water partition coefficient (Wildman–Crippen LogP) is 1.28. The van der Waals surface area contributed by atoms with Gasteiger partial charge in [-0.1, -0.05) is 0 Å². The molecule has 0 saturated heterocycles. The molecule has 1 unspecified atom stereocenters. The van der Waals surface area contributed by atoms with Gasteiger partial charge in [0.2, 0.25) is 0 Å². The van der Waals surface area contributed by atoms with Gasteiger partial charge in [0.05, 0.1) is 0 Å². The van der Waals surface area contributed by atoms with Gasteiger partial charge in [-0.15, -0.1) is 0 Å². The SMILES string of the molecule is CCN(CC)C(=O)OP(C)(=O)O. The molecule has 0 bridgehead atoms. The molecule has 0 aromatic carbocycles. The Labute approximate surface area is 71.9 Å². The molecule has 0 saturated carbocycles. The van der Waals surface area contributed by atoms with Crippen molar-refractivity contribution in [2.75, 3.05) is 19.8 Å². The number of hydrogen-bond acceptors (Lipinski definition) is 3. The van der Waals surface area contributed by atoms with Crippen molar-refractivity contribution < 1.29 is 18.8 Å². The van der Waals surface area contributed by atoms with Gasteiger partial charge in [0, 0.05) is 19.8 Å². The van der Waals surface area contributed by atoms with Gasteiger partial charge in [-0.25, -0.2) is 9.36 Å². The highest BCUT2D eigenvalue weighted by atomic mass is 31.2. The number of carbonyl (C=O) groups excluding carboxylic acids is 1. The van der Waals surface area contributed by atoms with Crippen LogP contribution in [-0.2, 0) is 9.09 Å². The minimum atomic E-state index is -3.69. The zero-order valence-corrected chi connectivity index (χ0v) is 8.38. The predicted molar refractivity (Wildman–Crippen MR) is 45.2 cm³/mol. The molecule has 0 heterocycles. The van der Waals surface area contributed by atoms with Gasteiger partial charge in [0.25, 0.3) is 0 Å². The molecule has 0 rings (SSSR count). The topological polar surface area (TPSA) is 66.8 Å². The Morgan fingerprint density at radius 2 is 1.92 bits per heavy atom. The smallest absolute Gasteiger partial charge is 0.375 e. The third-order valence-corrected chi connectivity index (χ3v) is 1.76. The fourth-order valence-electron chi connectivity index (χ4n) is 0.684. The lowest BCUT2D eigenvalue weighted by Gasteiger charge is -2.18. The molecule has 0 aliphatic heterocycles. The highest BCUT2D eigenvalue weighted by Gasteiger charge is 2.20. The van der Waals surface area contributed by atoms with Crippen LogP contribution in [0.4, 0.5) is 4.79 Å². The number of carbonyl (C=O) groups is 1. The summed E-state index contributed by atoms with van der Waals surface area (Å²) < 4.78 is 14.9. The molecule has 6 heteroatoms. The molecule has 0 fully saturated rings. The summed E-state index contributed by atoms with van der Waals surface area (Å²) in [6.07, 6.45) is -0.742. The van der Waals surface area contributed by atoms with E-state index < -0.39 is 13.7 Å². The van der Waals surface area contributed by atoms with Crippen LogP contribution in [0.25, 0.3) is 0 Å². The fourth-order valence-corrected chi connectivity index (χ4v) is 1.09. The van der Waals surface area contributed by atoms with Gasteiger partial charge in [-0.3, -0.25) is 0 Å². The van der Waals surface area contributed by atoms with E-state index in [0.717, 1.165) is 6.66 Å². The normalized spacial score (nSPS) is 15.0. The van der Waals surface area contributed by atoms with Crippen LogP contribution in [0.15, 0.2) is 0 Å². The first-order chi connectivity index (χ1) is 5.40. The Balaban J connectivity index is 4.11. The number of amides is 1.